The van der Waals surface area contributed by atoms with Crippen LogP contribution in [0.2, 0.25) is 0 Å². The summed E-state index contributed by atoms with van der Waals surface area (Å²) >= 11 is 0.857. The number of halogens is 1. The molecule has 248 valence electrons. The lowest BCUT2D eigenvalue weighted by atomic mass is 9.87. The lowest BCUT2D eigenvalue weighted by Crippen LogP contribution is -2.34. The Bertz CT molecular complexity index is 1630. The van der Waals surface area contributed by atoms with Gasteiger partial charge in [-0.25, -0.2) is 14.6 Å². The number of nitrogens with one attached hydrogen (secondary N) is 1. The summed E-state index contributed by atoms with van der Waals surface area (Å²) in [6.07, 6.45) is 4.79. The second-order valence-corrected chi connectivity index (χ2v) is 12.4. The van der Waals surface area contributed by atoms with Gasteiger partial charge in [-0.05, 0) is 84.2 Å². The molecule has 3 N–H and O–H groups in total. The summed E-state index contributed by atoms with van der Waals surface area (Å²) in [5.74, 6) is 0.567. The van der Waals surface area contributed by atoms with E-state index in [9.17, 15) is 14.3 Å². The van der Waals surface area contributed by atoms with Gasteiger partial charge in [-0.15, -0.1) is 9.45 Å². The van der Waals surface area contributed by atoms with Crippen LogP contribution in [0.1, 0.15) is 61.5 Å². The fourth-order valence-corrected chi connectivity index (χ4v) is 5.29. The molecule has 4 rings (SSSR count). The number of rotatable bonds is 17. The summed E-state index contributed by atoms with van der Waals surface area (Å²) in [4.78, 5) is 17.7. The van der Waals surface area contributed by atoms with Gasteiger partial charge in [0.15, 0.2) is 5.82 Å². The van der Waals surface area contributed by atoms with E-state index in [1.54, 1.807) is 36.4 Å². The van der Waals surface area contributed by atoms with Gasteiger partial charge in [0.25, 0.3) is 5.91 Å². The third kappa shape index (κ3) is 10.9. The molecule has 0 bridgehead atoms. The predicted molar refractivity (Wildman–Crippen MR) is 178 cm³/mol. The number of hydrogen-bond acceptors (Lipinski definition) is 10. The molecular weight excluding hydrogens is 623 g/mol. The minimum absolute atomic E-state index is 0.0914. The zero-order valence-corrected chi connectivity index (χ0v) is 27.4. The molecule has 0 radical (unpaired) electrons. The number of phenolic OH excluding ortho intramolecular Hbond substituents is 1. The van der Waals surface area contributed by atoms with E-state index in [1.165, 1.54) is 18.3 Å². The van der Waals surface area contributed by atoms with Crippen LogP contribution in [0.15, 0.2) is 94.1 Å². The molecular formula is C35H39FN4O6S. The van der Waals surface area contributed by atoms with Gasteiger partial charge in [-0.3, -0.25) is 4.79 Å². The average molecular weight is 663 g/mol. The second kappa shape index (κ2) is 17.5. The highest BCUT2D eigenvalue weighted by atomic mass is 32.2. The predicted octanol–water partition coefficient (Wildman–Crippen LogP) is 8.87. The SMILES string of the molecule is CCc1cc(-c2ccc(F)cc2)c(O)cc1OCCCCC(C)(C)CNC(=O)c1ccc(N=NCc2ccccc2SOOO)nc1. The van der Waals surface area contributed by atoms with E-state index in [0.717, 1.165) is 59.3 Å². The highest BCUT2D eigenvalue weighted by molar-refractivity contribution is 7.94. The van der Waals surface area contributed by atoms with E-state index in [0.29, 0.717) is 35.8 Å². The Labute approximate surface area is 278 Å². The number of nitrogens with zero attached hydrogens (tertiary/aromatic N) is 3. The molecule has 0 fully saturated rings. The first kappa shape index (κ1) is 35.5. The Morgan fingerprint density at radius 1 is 1.04 bits per heavy atom. The number of ether oxygens (including phenoxy) is 1. The zero-order chi connectivity index (χ0) is 33.6. The van der Waals surface area contributed by atoms with Crippen LogP contribution >= 0.6 is 12.0 Å². The molecule has 0 aliphatic carbocycles. The van der Waals surface area contributed by atoms with Crippen molar-refractivity contribution in [1.82, 2.24) is 10.3 Å². The Kier molecular flexibility index (Phi) is 13.2. The highest BCUT2D eigenvalue weighted by Gasteiger charge is 2.19. The van der Waals surface area contributed by atoms with Crippen LogP contribution in [-0.4, -0.2) is 34.4 Å². The number of aromatic hydroxyl groups is 1. The van der Waals surface area contributed by atoms with Crippen LogP contribution < -0.4 is 10.1 Å². The number of azo groups is 1. The molecule has 0 aliphatic heterocycles. The van der Waals surface area contributed by atoms with Crippen LogP contribution in [0.5, 0.6) is 11.5 Å². The largest absolute Gasteiger partial charge is 0.507 e. The molecule has 1 aromatic heterocycles. The number of aryl methyl sites for hydroxylation is 1. The molecule has 0 atom stereocenters. The first-order chi connectivity index (χ1) is 22.7. The van der Waals surface area contributed by atoms with E-state index >= 15 is 0 Å². The molecule has 0 saturated carbocycles. The lowest BCUT2D eigenvalue weighted by Gasteiger charge is -2.25. The van der Waals surface area contributed by atoms with Crippen molar-refractivity contribution in [2.75, 3.05) is 13.2 Å². The molecule has 0 saturated heterocycles. The molecule has 0 aliphatic rings. The molecule has 12 heteroatoms. The minimum atomic E-state index is -0.323. The van der Waals surface area contributed by atoms with Crippen molar-refractivity contribution in [3.8, 4) is 22.6 Å². The molecule has 1 heterocycles. The number of phenols is 1. The fourth-order valence-electron chi connectivity index (χ4n) is 4.81. The maximum atomic E-state index is 13.3. The van der Waals surface area contributed by atoms with Crippen LogP contribution in [0, 0.1) is 11.2 Å². The quantitative estimate of drug-likeness (QED) is 0.0336. The van der Waals surface area contributed by atoms with Crippen molar-refractivity contribution in [1.29, 1.82) is 0 Å². The third-order valence-corrected chi connectivity index (χ3v) is 8.21. The van der Waals surface area contributed by atoms with Gasteiger partial charge < -0.3 is 15.2 Å². The summed E-state index contributed by atoms with van der Waals surface area (Å²) in [7, 11) is 0. The normalized spacial score (nSPS) is 11.6. The molecule has 0 spiro atoms. The van der Waals surface area contributed by atoms with Crippen molar-refractivity contribution in [2.45, 2.75) is 57.9 Å². The monoisotopic (exact) mass is 662 g/mol. The second-order valence-electron chi connectivity index (χ2n) is 11.6. The maximum Gasteiger partial charge on any atom is 0.252 e. The van der Waals surface area contributed by atoms with Crippen LogP contribution in [0.4, 0.5) is 10.2 Å². The minimum Gasteiger partial charge on any atom is -0.507 e. The van der Waals surface area contributed by atoms with E-state index in [2.05, 4.69) is 43.7 Å². The third-order valence-electron chi connectivity index (χ3n) is 7.50. The molecule has 3 aromatic carbocycles. The number of aromatic nitrogens is 1. The lowest BCUT2D eigenvalue weighted by molar-refractivity contribution is -0.432. The molecule has 1 amide bonds. The van der Waals surface area contributed by atoms with E-state index in [1.807, 2.05) is 31.2 Å². The van der Waals surface area contributed by atoms with Gasteiger partial charge in [-0.1, -0.05) is 56.1 Å². The first-order valence-electron chi connectivity index (χ1n) is 15.3. The van der Waals surface area contributed by atoms with Gasteiger partial charge in [0.1, 0.15) is 17.3 Å². The van der Waals surface area contributed by atoms with Gasteiger partial charge in [0.05, 0.1) is 30.8 Å². The maximum absolute atomic E-state index is 13.3. The van der Waals surface area contributed by atoms with Crippen molar-refractivity contribution < 1.29 is 33.7 Å². The number of benzene rings is 3. The fraction of sp³-hybridized carbons (Fsp3) is 0.314. The van der Waals surface area contributed by atoms with E-state index in [4.69, 9.17) is 9.99 Å². The van der Waals surface area contributed by atoms with E-state index in [-0.39, 0.29) is 29.4 Å². The molecule has 47 heavy (non-hydrogen) atoms. The topological polar surface area (TPSA) is 135 Å². The van der Waals surface area contributed by atoms with E-state index < -0.39 is 0 Å². The summed E-state index contributed by atoms with van der Waals surface area (Å²) in [5, 5.41) is 33.9. The first-order valence-corrected chi connectivity index (χ1v) is 16.0. The number of amides is 1. The van der Waals surface area contributed by atoms with Crippen LogP contribution in [-0.2, 0) is 22.3 Å². The molecule has 4 aromatic rings. The number of unbranched alkanes of at least 4 members (excludes halogenated alkanes) is 1. The molecule has 10 nitrogen and oxygen atoms in total. The number of carbonyl (C=O) groups excluding carboxylic acids is 1. The zero-order valence-electron chi connectivity index (χ0n) is 26.6. The van der Waals surface area contributed by atoms with Gasteiger partial charge in [0.2, 0.25) is 0 Å². The van der Waals surface area contributed by atoms with Gasteiger partial charge >= 0.3 is 0 Å². The number of pyridine rings is 1. The summed E-state index contributed by atoms with van der Waals surface area (Å²) < 4.78 is 23.9. The highest BCUT2D eigenvalue weighted by Crippen LogP contribution is 2.36. The Balaban J connectivity index is 1.19. The molecule has 0 unspecified atom stereocenters. The van der Waals surface area contributed by atoms with Crippen LogP contribution in [0.3, 0.4) is 0 Å². The van der Waals surface area contributed by atoms with Crippen molar-refractivity contribution >= 4 is 23.8 Å². The number of carbonyl (C=O) groups is 1. The summed E-state index contributed by atoms with van der Waals surface area (Å²) in [5.41, 5.74) is 3.47. The number of hydrogen-bond donors (Lipinski definition) is 3. The van der Waals surface area contributed by atoms with Crippen molar-refractivity contribution in [3.63, 3.8) is 0 Å². The Hall–Kier alpha value is -4.36. The summed E-state index contributed by atoms with van der Waals surface area (Å²) in [6, 6.07) is 20.2. The Morgan fingerprint density at radius 2 is 1.83 bits per heavy atom. The summed E-state index contributed by atoms with van der Waals surface area (Å²) in [6.45, 7) is 7.50. The average Bonchev–Trinajstić information content (AvgIpc) is 3.07. The van der Waals surface area contributed by atoms with Crippen LogP contribution in [0.25, 0.3) is 11.1 Å². The van der Waals surface area contributed by atoms with Crippen molar-refractivity contribution in [3.05, 3.63) is 102 Å². The van der Waals surface area contributed by atoms with Gasteiger partial charge in [-0.2, -0.15) is 5.11 Å². The smallest absolute Gasteiger partial charge is 0.252 e. The van der Waals surface area contributed by atoms with Crippen molar-refractivity contribution in [2.24, 2.45) is 15.6 Å². The Morgan fingerprint density at radius 3 is 2.55 bits per heavy atom. The standard InChI is InChI=1S/C35H39FN4O6S/c1-4-24-19-29(25-11-14-28(36)15-12-25)30(41)20-31(24)44-18-8-7-17-35(2,3)23-38-34(42)27-13-16-33(37-21-27)40-39-22-26-9-5-6-10-32(26)47-46-45-43/h5-6,9-16,19-21,41,43H,4,7-8,17-18,22-23H2,1-3H3,(H,38,42). The van der Waals surface area contributed by atoms with Gasteiger partial charge in [0, 0.05) is 29.3 Å².